The molecule has 0 spiro atoms. The summed E-state index contributed by atoms with van der Waals surface area (Å²) in [7, 11) is 0. The molecule has 0 amide bonds. The lowest BCUT2D eigenvalue weighted by Gasteiger charge is -2.05. The lowest BCUT2D eigenvalue weighted by Crippen LogP contribution is -1.95. The van der Waals surface area contributed by atoms with Crippen LogP contribution in [0.2, 0.25) is 0 Å². The van der Waals surface area contributed by atoms with Crippen molar-refractivity contribution in [2.24, 2.45) is 11.8 Å². The highest BCUT2D eigenvalue weighted by Gasteiger charge is 2.33. The van der Waals surface area contributed by atoms with Crippen molar-refractivity contribution < 1.29 is 0 Å². The van der Waals surface area contributed by atoms with E-state index in [0.29, 0.717) is 11.8 Å². The summed E-state index contributed by atoms with van der Waals surface area (Å²) in [5, 5.41) is 0. The fourth-order valence-corrected chi connectivity index (χ4v) is 2.93. The number of allylic oxidation sites excluding steroid dienone is 4. The van der Waals surface area contributed by atoms with Gasteiger partial charge in [-0.1, -0.05) is 67.4 Å². The van der Waals surface area contributed by atoms with Crippen LogP contribution in [0.1, 0.15) is 38.2 Å². The second kappa shape index (κ2) is 6.51. The summed E-state index contributed by atoms with van der Waals surface area (Å²) in [6, 6.07) is 10.2. The quantitative estimate of drug-likeness (QED) is 0.414. The number of rotatable bonds is 2. The van der Waals surface area contributed by atoms with Gasteiger partial charge in [0.15, 0.2) is 0 Å². The Morgan fingerprint density at radius 3 is 2.38 bits per heavy atom. The minimum atomic E-state index is 0.502. The van der Waals surface area contributed by atoms with Crippen LogP contribution in [0.3, 0.4) is 0 Å². The van der Waals surface area contributed by atoms with E-state index in [4.69, 9.17) is 0 Å². The molecule has 2 aliphatic carbocycles. The van der Waals surface area contributed by atoms with Crippen LogP contribution in [0.4, 0.5) is 0 Å². The Labute approximate surface area is 128 Å². The van der Waals surface area contributed by atoms with E-state index < -0.39 is 0 Å². The highest BCUT2D eigenvalue weighted by molar-refractivity contribution is 5.56. The maximum atomic E-state index is 3.41. The molecule has 0 nitrogen and oxygen atoms in total. The van der Waals surface area contributed by atoms with Crippen molar-refractivity contribution >= 4 is 0 Å². The van der Waals surface area contributed by atoms with E-state index in [1.807, 2.05) is 18.2 Å². The van der Waals surface area contributed by atoms with Crippen LogP contribution in [0.5, 0.6) is 0 Å². The third kappa shape index (κ3) is 3.12. The second-order valence-electron chi connectivity index (χ2n) is 5.68. The van der Waals surface area contributed by atoms with Crippen LogP contribution in [-0.4, -0.2) is 0 Å². The van der Waals surface area contributed by atoms with E-state index in [1.165, 1.54) is 30.4 Å². The van der Waals surface area contributed by atoms with E-state index in [9.17, 15) is 0 Å². The van der Waals surface area contributed by atoms with Crippen LogP contribution in [0.25, 0.3) is 0 Å². The zero-order chi connectivity index (χ0) is 14.5. The molecule has 2 atom stereocenters. The van der Waals surface area contributed by atoms with Gasteiger partial charge in [-0.05, 0) is 25.0 Å². The molecular formula is C21H20. The van der Waals surface area contributed by atoms with Crippen molar-refractivity contribution in [3.8, 4) is 23.7 Å². The summed E-state index contributed by atoms with van der Waals surface area (Å²) < 4.78 is 0. The molecule has 1 aromatic carbocycles. The normalized spacial score (nSPS) is 21.8. The summed E-state index contributed by atoms with van der Waals surface area (Å²) in [6.45, 7) is 2.21. The van der Waals surface area contributed by atoms with Gasteiger partial charge in [-0.3, -0.25) is 0 Å². The second-order valence-corrected chi connectivity index (χ2v) is 5.68. The maximum Gasteiger partial charge on any atom is 0.0248 e. The molecule has 2 bridgehead atoms. The van der Waals surface area contributed by atoms with Gasteiger partial charge >= 0.3 is 0 Å². The van der Waals surface area contributed by atoms with Gasteiger partial charge in [0.25, 0.3) is 0 Å². The largest absolute Gasteiger partial charge is 0.0982 e. The number of unbranched alkanes of at least 4 members (excludes halogenated alkanes) is 2. The van der Waals surface area contributed by atoms with Crippen LogP contribution in [0.15, 0.2) is 53.6 Å². The number of hydrogen-bond acceptors (Lipinski definition) is 0. The number of benzene rings is 1. The monoisotopic (exact) mass is 272 g/mol. The van der Waals surface area contributed by atoms with Crippen LogP contribution >= 0.6 is 0 Å². The van der Waals surface area contributed by atoms with Gasteiger partial charge in [0.05, 0.1) is 0 Å². The Hall–Kier alpha value is -2.18. The van der Waals surface area contributed by atoms with Crippen molar-refractivity contribution in [3.63, 3.8) is 0 Å². The molecule has 0 fully saturated rings. The van der Waals surface area contributed by atoms with Gasteiger partial charge in [-0.2, -0.15) is 0 Å². The zero-order valence-corrected chi connectivity index (χ0v) is 12.5. The molecule has 0 N–H and O–H groups in total. The molecule has 2 unspecified atom stereocenters. The molecule has 0 aromatic heterocycles. The van der Waals surface area contributed by atoms with Crippen molar-refractivity contribution in [1.29, 1.82) is 0 Å². The average Bonchev–Trinajstić information content (AvgIpc) is 3.12. The average molecular weight is 272 g/mol. The van der Waals surface area contributed by atoms with E-state index in [0.717, 1.165) is 12.0 Å². The molecule has 1 aromatic rings. The van der Waals surface area contributed by atoms with E-state index in [1.54, 1.807) is 0 Å². The Morgan fingerprint density at radius 1 is 0.952 bits per heavy atom. The maximum absolute atomic E-state index is 3.41. The third-order valence-corrected chi connectivity index (χ3v) is 4.11. The van der Waals surface area contributed by atoms with Crippen LogP contribution in [-0.2, 0) is 0 Å². The lowest BCUT2D eigenvalue weighted by atomic mass is 9.97. The summed E-state index contributed by atoms with van der Waals surface area (Å²) in [4.78, 5) is 0. The van der Waals surface area contributed by atoms with E-state index in [-0.39, 0.29) is 0 Å². The number of hydrogen-bond donors (Lipinski definition) is 0. The first-order valence-electron chi connectivity index (χ1n) is 7.87. The Morgan fingerprint density at radius 2 is 1.67 bits per heavy atom. The van der Waals surface area contributed by atoms with Gasteiger partial charge in [0.2, 0.25) is 0 Å². The minimum absolute atomic E-state index is 0.502. The summed E-state index contributed by atoms with van der Waals surface area (Å²) in [5.41, 5.74) is 3.62. The topological polar surface area (TPSA) is 0 Å². The fourth-order valence-electron chi connectivity index (χ4n) is 2.93. The molecular weight excluding hydrogens is 252 g/mol. The highest BCUT2D eigenvalue weighted by atomic mass is 14.4. The smallest absolute Gasteiger partial charge is 0.0248 e. The molecule has 21 heavy (non-hydrogen) atoms. The molecule has 2 aliphatic rings. The van der Waals surface area contributed by atoms with Gasteiger partial charge in [-0.15, -0.1) is 0 Å². The predicted molar refractivity (Wildman–Crippen MR) is 88.4 cm³/mol. The predicted octanol–water partition coefficient (Wildman–Crippen LogP) is 4.73. The zero-order valence-electron chi connectivity index (χ0n) is 12.5. The van der Waals surface area contributed by atoms with Crippen molar-refractivity contribution in [2.75, 3.05) is 0 Å². The molecule has 0 saturated heterocycles. The minimum Gasteiger partial charge on any atom is -0.0982 e. The first-order valence-corrected chi connectivity index (χ1v) is 7.87. The van der Waals surface area contributed by atoms with Crippen LogP contribution < -0.4 is 0 Å². The Balaban J connectivity index is 1.84. The van der Waals surface area contributed by atoms with Gasteiger partial charge in [0.1, 0.15) is 0 Å². The van der Waals surface area contributed by atoms with Gasteiger partial charge in [0, 0.05) is 35.0 Å². The van der Waals surface area contributed by atoms with E-state index in [2.05, 4.69) is 54.9 Å². The van der Waals surface area contributed by atoms with Crippen molar-refractivity contribution in [1.82, 2.24) is 0 Å². The molecule has 0 aliphatic heterocycles. The third-order valence-electron chi connectivity index (χ3n) is 4.11. The molecule has 0 heteroatoms. The van der Waals surface area contributed by atoms with Gasteiger partial charge < -0.3 is 0 Å². The first kappa shape index (κ1) is 13.8. The fraction of sp³-hybridized carbons (Fsp3) is 0.333. The van der Waals surface area contributed by atoms with Crippen LogP contribution in [0, 0.1) is 35.5 Å². The standard InChI is InChI=1S/C21H20/c1-2-3-4-8-11-20-18-13-14-19(16-18)21(20)15-12-17-9-6-5-7-10-17/h5-7,9-10,13-14,18-19H,2-4,16H2,1H3. The SMILES string of the molecule is CCCCC#CC1=C(C#Cc2ccccc2)C2C=CC1C2. The van der Waals surface area contributed by atoms with E-state index >= 15 is 0 Å². The van der Waals surface area contributed by atoms with Crippen molar-refractivity contribution in [2.45, 2.75) is 32.6 Å². The summed E-state index contributed by atoms with van der Waals surface area (Å²) in [6.07, 6.45) is 9.19. The molecule has 0 radical (unpaired) electrons. The summed E-state index contributed by atoms with van der Waals surface area (Å²) in [5.74, 6) is 14.5. The highest BCUT2D eigenvalue weighted by Crippen LogP contribution is 2.43. The summed E-state index contributed by atoms with van der Waals surface area (Å²) >= 11 is 0. The van der Waals surface area contributed by atoms with Crippen molar-refractivity contribution in [3.05, 3.63) is 59.2 Å². The molecule has 3 rings (SSSR count). The lowest BCUT2D eigenvalue weighted by molar-refractivity contribution is 0.715. The molecule has 0 heterocycles. The first-order chi connectivity index (χ1) is 10.4. The molecule has 0 saturated carbocycles. The Bertz CT molecular complexity index is 680. The molecule has 104 valence electrons. The van der Waals surface area contributed by atoms with Gasteiger partial charge in [-0.25, -0.2) is 0 Å². The Kier molecular flexibility index (Phi) is 4.28. The number of fused-ring (bicyclic) bond motifs is 2.